The quantitative estimate of drug-likeness (QED) is 0.364. The fourth-order valence-corrected chi connectivity index (χ4v) is 0.878. The molecular weight excluding hydrogens is 167 g/mol. The fourth-order valence-electron chi connectivity index (χ4n) is 0.602. The van der Waals surface area contributed by atoms with Crippen LogP contribution in [0, 0.1) is 0 Å². The van der Waals surface area contributed by atoms with E-state index >= 15 is 0 Å². The van der Waals surface area contributed by atoms with Crippen LogP contribution in [0.5, 0.6) is 0 Å². The Bertz CT molecular complexity index is 196. The molecule has 0 rings (SSSR count). The third-order valence-electron chi connectivity index (χ3n) is 1.16. The average molecular weight is 177 g/mol. The summed E-state index contributed by atoms with van der Waals surface area (Å²) < 4.78 is 17.3. The lowest BCUT2D eigenvalue weighted by atomic mass is 10.2. The van der Waals surface area contributed by atoms with Crippen LogP contribution in [-0.4, -0.2) is 13.0 Å². The number of halogens is 2. The topological polar surface area (TPSA) is 9.23 Å². The van der Waals surface area contributed by atoms with Crippen LogP contribution in [0.1, 0.15) is 0 Å². The highest BCUT2D eigenvalue weighted by Crippen LogP contribution is 2.17. The first-order valence-electron chi connectivity index (χ1n) is 2.97. The SMILES string of the molecule is C=C/C(OC)=C(/CCl)C(=C)F. The Labute approximate surface area is 70.8 Å². The fraction of sp³-hybridized carbons (Fsp3) is 0.250. The highest BCUT2D eigenvalue weighted by molar-refractivity contribution is 6.19. The number of hydrogen-bond acceptors (Lipinski definition) is 1. The van der Waals surface area contributed by atoms with Gasteiger partial charge in [-0.3, -0.25) is 0 Å². The molecule has 0 fully saturated rings. The van der Waals surface area contributed by atoms with E-state index in [1.807, 2.05) is 0 Å². The van der Waals surface area contributed by atoms with Crippen LogP contribution in [-0.2, 0) is 4.74 Å². The van der Waals surface area contributed by atoms with Gasteiger partial charge in [0.05, 0.1) is 13.0 Å². The Morgan fingerprint density at radius 3 is 2.36 bits per heavy atom. The van der Waals surface area contributed by atoms with Gasteiger partial charge < -0.3 is 4.74 Å². The van der Waals surface area contributed by atoms with Gasteiger partial charge in [-0.1, -0.05) is 13.2 Å². The molecule has 0 aliphatic rings. The highest BCUT2D eigenvalue weighted by atomic mass is 35.5. The largest absolute Gasteiger partial charge is 0.496 e. The molecule has 0 unspecified atom stereocenters. The molecule has 1 nitrogen and oxygen atoms in total. The van der Waals surface area contributed by atoms with E-state index in [-0.39, 0.29) is 11.5 Å². The summed E-state index contributed by atoms with van der Waals surface area (Å²) in [5.41, 5.74) is 0.240. The van der Waals surface area contributed by atoms with Gasteiger partial charge >= 0.3 is 0 Å². The Balaban J connectivity index is 4.76. The van der Waals surface area contributed by atoms with Gasteiger partial charge in [0, 0.05) is 5.57 Å². The normalized spacial score (nSPS) is 11.9. The lowest BCUT2D eigenvalue weighted by Gasteiger charge is -2.05. The minimum atomic E-state index is -0.586. The molecule has 0 aliphatic carbocycles. The summed E-state index contributed by atoms with van der Waals surface area (Å²) in [5, 5.41) is 0. The van der Waals surface area contributed by atoms with Crippen LogP contribution >= 0.6 is 11.6 Å². The molecule has 0 spiro atoms. The first-order chi connectivity index (χ1) is 5.17. The Kier molecular flexibility index (Phi) is 4.62. The van der Waals surface area contributed by atoms with Crippen molar-refractivity contribution in [3.05, 3.63) is 36.4 Å². The zero-order valence-corrected chi connectivity index (χ0v) is 7.12. The summed E-state index contributed by atoms with van der Waals surface area (Å²) in [6, 6.07) is 0. The van der Waals surface area contributed by atoms with Crippen molar-refractivity contribution in [1.82, 2.24) is 0 Å². The van der Waals surface area contributed by atoms with E-state index in [1.165, 1.54) is 13.2 Å². The summed E-state index contributed by atoms with van der Waals surface area (Å²) in [4.78, 5) is 0. The van der Waals surface area contributed by atoms with Gasteiger partial charge in [0.1, 0.15) is 11.6 Å². The van der Waals surface area contributed by atoms with E-state index in [9.17, 15) is 4.39 Å². The molecule has 11 heavy (non-hydrogen) atoms. The van der Waals surface area contributed by atoms with Crippen LogP contribution in [0.25, 0.3) is 0 Å². The smallest absolute Gasteiger partial charge is 0.125 e. The Hall–Kier alpha value is -0.760. The van der Waals surface area contributed by atoms with Crippen molar-refractivity contribution >= 4 is 11.6 Å². The van der Waals surface area contributed by atoms with Crippen molar-refractivity contribution in [3.63, 3.8) is 0 Å². The van der Waals surface area contributed by atoms with Gasteiger partial charge in [-0.25, -0.2) is 4.39 Å². The number of ether oxygens (including phenoxy) is 1. The number of rotatable bonds is 4. The maximum Gasteiger partial charge on any atom is 0.125 e. The Morgan fingerprint density at radius 2 is 2.27 bits per heavy atom. The van der Waals surface area contributed by atoms with Gasteiger partial charge in [0.15, 0.2) is 0 Å². The molecule has 0 aliphatic heterocycles. The van der Waals surface area contributed by atoms with Crippen LogP contribution in [0.4, 0.5) is 4.39 Å². The van der Waals surface area contributed by atoms with E-state index < -0.39 is 5.83 Å². The van der Waals surface area contributed by atoms with E-state index in [0.29, 0.717) is 5.76 Å². The van der Waals surface area contributed by atoms with Crippen LogP contribution < -0.4 is 0 Å². The average Bonchev–Trinajstić information content (AvgIpc) is 1.99. The number of methoxy groups -OCH3 is 1. The van der Waals surface area contributed by atoms with Crippen molar-refractivity contribution in [1.29, 1.82) is 0 Å². The zero-order valence-electron chi connectivity index (χ0n) is 6.36. The predicted octanol–water partition coefficient (Wildman–Crippen LogP) is 2.79. The highest BCUT2D eigenvalue weighted by Gasteiger charge is 2.06. The molecule has 0 aromatic heterocycles. The minimum Gasteiger partial charge on any atom is -0.496 e. The third-order valence-corrected chi connectivity index (χ3v) is 1.43. The van der Waals surface area contributed by atoms with Gasteiger partial charge in [-0.15, -0.1) is 11.6 Å². The molecule has 0 amide bonds. The third kappa shape index (κ3) is 2.76. The van der Waals surface area contributed by atoms with Crippen LogP contribution in [0.15, 0.2) is 36.4 Å². The zero-order chi connectivity index (χ0) is 8.85. The monoisotopic (exact) mass is 176 g/mol. The first kappa shape index (κ1) is 10.2. The van der Waals surface area contributed by atoms with Crippen molar-refractivity contribution in [3.8, 4) is 0 Å². The second-order valence-corrected chi connectivity index (χ2v) is 2.06. The Morgan fingerprint density at radius 1 is 1.73 bits per heavy atom. The number of alkyl halides is 1. The summed E-state index contributed by atoms with van der Waals surface area (Å²) in [7, 11) is 1.42. The van der Waals surface area contributed by atoms with Crippen molar-refractivity contribution in [2.45, 2.75) is 0 Å². The molecule has 0 heterocycles. The molecule has 0 atom stereocenters. The van der Waals surface area contributed by atoms with E-state index in [4.69, 9.17) is 16.3 Å². The standard InChI is InChI=1S/C8H10ClFO/c1-4-8(11-3)7(5-9)6(2)10/h4H,1-2,5H2,3H3/b8-7+. The second kappa shape index (κ2) is 4.97. The summed E-state index contributed by atoms with van der Waals surface area (Å²) >= 11 is 5.43. The van der Waals surface area contributed by atoms with Crippen molar-refractivity contribution in [2.75, 3.05) is 13.0 Å². The molecule has 0 aromatic carbocycles. The van der Waals surface area contributed by atoms with Gasteiger partial charge in [0.2, 0.25) is 0 Å². The van der Waals surface area contributed by atoms with E-state index in [2.05, 4.69) is 13.2 Å². The lowest BCUT2D eigenvalue weighted by molar-refractivity contribution is 0.302. The molecule has 0 radical (unpaired) electrons. The maximum atomic E-state index is 12.5. The first-order valence-corrected chi connectivity index (χ1v) is 3.51. The van der Waals surface area contributed by atoms with Crippen LogP contribution in [0.2, 0.25) is 0 Å². The molecule has 0 saturated heterocycles. The van der Waals surface area contributed by atoms with Crippen molar-refractivity contribution in [2.24, 2.45) is 0 Å². The summed E-state index contributed by atoms with van der Waals surface area (Å²) in [6.45, 7) is 6.54. The molecule has 62 valence electrons. The molecule has 0 bridgehead atoms. The second-order valence-electron chi connectivity index (χ2n) is 1.79. The minimum absolute atomic E-state index is 0.0323. The molecule has 0 saturated carbocycles. The summed E-state index contributed by atoms with van der Waals surface area (Å²) in [6.07, 6.45) is 1.39. The lowest BCUT2D eigenvalue weighted by Crippen LogP contribution is -1.93. The molecule has 0 N–H and O–H groups in total. The molecule has 3 heteroatoms. The van der Waals surface area contributed by atoms with Gasteiger partial charge in [-0.2, -0.15) is 0 Å². The van der Waals surface area contributed by atoms with Crippen molar-refractivity contribution < 1.29 is 9.13 Å². The maximum absolute atomic E-state index is 12.5. The van der Waals surface area contributed by atoms with E-state index in [0.717, 1.165) is 0 Å². The number of allylic oxidation sites excluding steroid dienone is 3. The predicted molar refractivity (Wildman–Crippen MR) is 45.2 cm³/mol. The van der Waals surface area contributed by atoms with E-state index in [1.54, 1.807) is 0 Å². The number of hydrogen-bond donors (Lipinski definition) is 0. The summed E-state index contributed by atoms with van der Waals surface area (Å²) in [5.74, 6) is -0.228. The molecular formula is C8H10ClFO. The van der Waals surface area contributed by atoms with Gasteiger partial charge in [0.25, 0.3) is 0 Å². The van der Waals surface area contributed by atoms with Gasteiger partial charge in [-0.05, 0) is 6.08 Å². The van der Waals surface area contributed by atoms with Crippen LogP contribution in [0.3, 0.4) is 0 Å². The molecule has 0 aromatic rings.